The Morgan fingerprint density at radius 3 is 2.48 bits per heavy atom. The topological polar surface area (TPSA) is 58.6 Å². The molecule has 2 saturated heterocycles. The molecule has 0 aromatic carbocycles. The van der Waals surface area contributed by atoms with Crippen molar-refractivity contribution in [2.24, 2.45) is 11.8 Å². The molecule has 154 valence electrons. The van der Waals surface area contributed by atoms with Crippen LogP contribution in [0.25, 0.3) is 0 Å². The van der Waals surface area contributed by atoms with Gasteiger partial charge in [-0.05, 0) is 31.5 Å². The number of carbonyl (C=O) groups excluding carboxylic acids is 2. The molecule has 2 aliphatic heterocycles. The largest absolute Gasteiger partial charge is 0.413 e. The minimum atomic E-state index is -1.99. The van der Waals surface area contributed by atoms with Crippen molar-refractivity contribution >= 4 is 48.4 Å². The van der Waals surface area contributed by atoms with Crippen LogP contribution in [0, 0.1) is 11.8 Å². The molecule has 0 aromatic rings. The number of carbonyl (C=O) groups is 2. The van der Waals surface area contributed by atoms with Crippen molar-refractivity contribution in [3.05, 3.63) is 0 Å². The van der Waals surface area contributed by atoms with E-state index in [4.69, 9.17) is 16.6 Å². The third kappa shape index (κ3) is 4.43. The van der Waals surface area contributed by atoms with Gasteiger partial charge in [0.25, 0.3) is 0 Å². The zero-order chi connectivity index (χ0) is 20.7. The standard InChI is InChI=1S/C19H34N2O3S2Si/c1-9-13-10-26-18(25)21(13)17(23)11(2)15-14(16(22)20-15)12(3)24-27(7,8)19(4,5)6/h11-15H,9-10H2,1-8H3,(H,20,22)/t11?,12?,13-,14?,15?/m0/s1. The quantitative estimate of drug-likeness (QED) is 0.395. The first-order valence-electron chi connectivity index (χ1n) is 9.79. The van der Waals surface area contributed by atoms with E-state index in [9.17, 15) is 9.59 Å². The van der Waals surface area contributed by atoms with E-state index in [0.29, 0.717) is 4.32 Å². The summed E-state index contributed by atoms with van der Waals surface area (Å²) >= 11 is 6.97. The molecule has 0 spiro atoms. The molecule has 27 heavy (non-hydrogen) atoms. The van der Waals surface area contributed by atoms with Gasteiger partial charge in [0.1, 0.15) is 4.32 Å². The third-order valence-electron chi connectivity index (χ3n) is 6.39. The number of hydrogen-bond acceptors (Lipinski definition) is 5. The molecule has 5 atom stereocenters. The van der Waals surface area contributed by atoms with Gasteiger partial charge >= 0.3 is 0 Å². The molecule has 2 aliphatic rings. The van der Waals surface area contributed by atoms with Gasteiger partial charge in [0.05, 0.1) is 24.0 Å². The lowest BCUT2D eigenvalue weighted by Crippen LogP contribution is -2.67. The van der Waals surface area contributed by atoms with Crippen LogP contribution in [-0.4, -0.2) is 53.3 Å². The Hall–Kier alpha value is -0.443. The molecule has 1 N–H and O–H groups in total. The van der Waals surface area contributed by atoms with E-state index >= 15 is 0 Å². The highest BCUT2D eigenvalue weighted by atomic mass is 32.2. The molecule has 2 fully saturated rings. The molecule has 8 heteroatoms. The van der Waals surface area contributed by atoms with E-state index in [2.05, 4.69) is 46.1 Å². The number of thioether (sulfide) groups is 1. The molecule has 0 aliphatic carbocycles. The van der Waals surface area contributed by atoms with E-state index in [-0.39, 0.29) is 46.9 Å². The molecule has 0 radical (unpaired) electrons. The Labute approximate surface area is 174 Å². The van der Waals surface area contributed by atoms with Crippen LogP contribution >= 0.6 is 24.0 Å². The Kier molecular flexibility index (Phi) is 6.87. The van der Waals surface area contributed by atoms with E-state index in [1.54, 1.807) is 16.7 Å². The second kappa shape index (κ2) is 8.12. The van der Waals surface area contributed by atoms with Crippen molar-refractivity contribution in [1.82, 2.24) is 10.2 Å². The Morgan fingerprint density at radius 1 is 1.41 bits per heavy atom. The second-order valence-corrected chi connectivity index (χ2v) is 15.7. The first-order valence-corrected chi connectivity index (χ1v) is 14.1. The van der Waals surface area contributed by atoms with Gasteiger partial charge in [-0.25, -0.2) is 0 Å². The number of β-lactam (4-membered cyclic amide) rings is 1. The fourth-order valence-electron chi connectivity index (χ4n) is 3.48. The van der Waals surface area contributed by atoms with Crippen LogP contribution in [0.1, 0.15) is 48.0 Å². The van der Waals surface area contributed by atoms with Crippen LogP contribution < -0.4 is 5.32 Å². The summed E-state index contributed by atoms with van der Waals surface area (Å²) in [4.78, 5) is 27.2. The third-order valence-corrected chi connectivity index (χ3v) is 12.5. The summed E-state index contributed by atoms with van der Waals surface area (Å²) < 4.78 is 7.11. The van der Waals surface area contributed by atoms with Crippen LogP contribution in [0.4, 0.5) is 0 Å². The van der Waals surface area contributed by atoms with Crippen LogP contribution in [0.3, 0.4) is 0 Å². The highest BCUT2D eigenvalue weighted by molar-refractivity contribution is 8.23. The number of hydrogen-bond donors (Lipinski definition) is 1. The van der Waals surface area contributed by atoms with Crippen molar-refractivity contribution < 1.29 is 14.0 Å². The van der Waals surface area contributed by atoms with Gasteiger partial charge in [-0.1, -0.05) is 58.6 Å². The monoisotopic (exact) mass is 430 g/mol. The van der Waals surface area contributed by atoms with Gasteiger partial charge in [-0.3, -0.25) is 14.5 Å². The Bertz CT molecular complexity index is 621. The predicted molar refractivity (Wildman–Crippen MR) is 118 cm³/mol. The van der Waals surface area contributed by atoms with Crippen LogP contribution in [0.5, 0.6) is 0 Å². The molecule has 2 rings (SSSR count). The molecule has 5 nitrogen and oxygen atoms in total. The number of thiocarbonyl (C=S) groups is 1. The van der Waals surface area contributed by atoms with Gasteiger partial charge in [-0.2, -0.15) is 0 Å². The zero-order valence-electron chi connectivity index (χ0n) is 17.8. The van der Waals surface area contributed by atoms with Crippen molar-refractivity contribution in [2.45, 2.75) is 84.3 Å². The highest BCUT2D eigenvalue weighted by Gasteiger charge is 2.51. The lowest BCUT2D eigenvalue weighted by molar-refractivity contribution is -0.146. The smallest absolute Gasteiger partial charge is 0.233 e. The van der Waals surface area contributed by atoms with Crippen molar-refractivity contribution in [1.29, 1.82) is 0 Å². The summed E-state index contributed by atoms with van der Waals surface area (Å²) in [6, 6.07) is -0.0387. The van der Waals surface area contributed by atoms with Crippen molar-refractivity contribution in [2.75, 3.05) is 5.75 Å². The highest BCUT2D eigenvalue weighted by Crippen LogP contribution is 2.40. The molecule has 0 aromatic heterocycles. The first-order chi connectivity index (χ1) is 12.3. The average molecular weight is 431 g/mol. The molecule has 4 unspecified atom stereocenters. The van der Waals surface area contributed by atoms with E-state index < -0.39 is 8.32 Å². The lowest BCUT2D eigenvalue weighted by atomic mass is 9.78. The normalized spacial score (nSPS) is 28.6. The molecule has 2 amide bonds. The van der Waals surface area contributed by atoms with Gasteiger partial charge in [0.15, 0.2) is 8.32 Å². The van der Waals surface area contributed by atoms with Crippen molar-refractivity contribution in [3.8, 4) is 0 Å². The SMILES string of the molecule is CC[C@H]1CSC(=S)N1C(=O)C(C)C1NC(=O)C1C(C)O[Si](C)(C)C(C)(C)C. The maximum absolute atomic E-state index is 13.1. The summed E-state index contributed by atoms with van der Waals surface area (Å²) in [7, 11) is -1.99. The lowest BCUT2D eigenvalue weighted by Gasteiger charge is -2.47. The van der Waals surface area contributed by atoms with E-state index in [0.717, 1.165) is 12.2 Å². The zero-order valence-corrected chi connectivity index (χ0v) is 20.4. The molecule has 2 heterocycles. The summed E-state index contributed by atoms with van der Waals surface area (Å²) in [6.07, 6.45) is 0.679. The predicted octanol–water partition coefficient (Wildman–Crippen LogP) is 3.79. The number of nitrogens with one attached hydrogen (secondary N) is 1. The number of rotatable bonds is 6. The summed E-state index contributed by atoms with van der Waals surface area (Å²) in [5.74, 6) is 0.257. The van der Waals surface area contributed by atoms with Crippen LogP contribution in [0.2, 0.25) is 18.1 Å². The molecular formula is C19H34N2O3S2Si. The van der Waals surface area contributed by atoms with Gasteiger partial charge < -0.3 is 9.74 Å². The van der Waals surface area contributed by atoms with Crippen molar-refractivity contribution in [3.63, 3.8) is 0 Å². The Balaban J connectivity index is 2.11. The minimum absolute atomic E-state index is 0.0173. The Morgan fingerprint density at radius 2 is 2.00 bits per heavy atom. The number of nitrogens with zero attached hydrogens (tertiary/aromatic N) is 1. The first kappa shape index (κ1) is 22.8. The van der Waals surface area contributed by atoms with Gasteiger partial charge in [0, 0.05) is 11.8 Å². The molecular weight excluding hydrogens is 396 g/mol. The van der Waals surface area contributed by atoms with Gasteiger partial charge in [0.2, 0.25) is 11.8 Å². The molecule has 0 bridgehead atoms. The number of amides is 2. The summed E-state index contributed by atoms with van der Waals surface area (Å²) in [5.41, 5.74) is 0. The summed E-state index contributed by atoms with van der Waals surface area (Å²) in [5, 5.41) is 3.02. The van der Waals surface area contributed by atoms with Crippen LogP contribution in [-0.2, 0) is 14.0 Å². The minimum Gasteiger partial charge on any atom is -0.413 e. The fourth-order valence-corrected chi connectivity index (χ4v) is 6.45. The second-order valence-electron chi connectivity index (χ2n) is 9.28. The molecule has 0 saturated carbocycles. The van der Waals surface area contributed by atoms with E-state index in [1.165, 1.54) is 0 Å². The van der Waals surface area contributed by atoms with Gasteiger partial charge in [-0.15, -0.1) is 0 Å². The average Bonchev–Trinajstić information content (AvgIpc) is 2.90. The maximum atomic E-state index is 13.1. The summed E-state index contributed by atoms with van der Waals surface area (Å²) in [6.45, 7) is 16.9. The maximum Gasteiger partial charge on any atom is 0.233 e. The van der Waals surface area contributed by atoms with Crippen LogP contribution in [0.15, 0.2) is 0 Å². The fraction of sp³-hybridized carbons (Fsp3) is 0.842. The van der Waals surface area contributed by atoms with E-state index in [1.807, 2.05) is 13.8 Å².